The molecule has 0 amide bonds. The molecular formula is C19H22O2. The van der Waals surface area contributed by atoms with Crippen molar-refractivity contribution in [2.45, 2.75) is 38.7 Å². The number of aryl methyl sites for hydroxylation is 1. The first-order valence-corrected chi connectivity index (χ1v) is 7.54. The fourth-order valence-electron chi connectivity index (χ4n) is 2.29. The Morgan fingerprint density at radius 3 is 2.38 bits per heavy atom. The second-order valence-electron chi connectivity index (χ2n) is 5.23. The quantitative estimate of drug-likeness (QED) is 0.516. The molecule has 0 spiro atoms. The van der Waals surface area contributed by atoms with E-state index in [4.69, 9.17) is 4.74 Å². The van der Waals surface area contributed by atoms with Crippen molar-refractivity contribution in [1.82, 2.24) is 0 Å². The van der Waals surface area contributed by atoms with Crippen LogP contribution in [0.5, 0.6) is 5.75 Å². The molecule has 1 atom stereocenters. The van der Waals surface area contributed by atoms with E-state index in [0.29, 0.717) is 6.42 Å². The maximum absolute atomic E-state index is 10.3. The van der Waals surface area contributed by atoms with Crippen molar-refractivity contribution in [2.24, 2.45) is 0 Å². The first kappa shape index (κ1) is 15.3. The van der Waals surface area contributed by atoms with E-state index in [1.54, 1.807) is 0 Å². The number of hydrogen-bond donors (Lipinski definition) is 0. The molecule has 2 heteroatoms. The summed E-state index contributed by atoms with van der Waals surface area (Å²) in [4.78, 5) is 10.3. The predicted octanol–water partition coefficient (Wildman–Crippen LogP) is 4.74. The standard InChI is InChI=1S/C19H22O2/c1-16(18-9-5-2-6-10-18)21-19-13-11-17(12-14-19)8-4-3-7-15-20/h2,5-6,9-16H,3-4,7-8H2,1H3. The lowest BCUT2D eigenvalue weighted by Crippen LogP contribution is -2.02. The van der Waals surface area contributed by atoms with Gasteiger partial charge in [-0.1, -0.05) is 42.5 Å². The zero-order valence-corrected chi connectivity index (χ0v) is 12.5. The van der Waals surface area contributed by atoms with Crippen molar-refractivity contribution >= 4 is 6.29 Å². The largest absolute Gasteiger partial charge is 0.486 e. The molecule has 0 saturated carbocycles. The number of carbonyl (C=O) groups is 1. The molecule has 2 rings (SSSR count). The van der Waals surface area contributed by atoms with E-state index in [-0.39, 0.29) is 6.10 Å². The highest BCUT2D eigenvalue weighted by Gasteiger charge is 2.06. The highest BCUT2D eigenvalue weighted by atomic mass is 16.5. The molecule has 1 unspecified atom stereocenters. The van der Waals surface area contributed by atoms with Gasteiger partial charge in [0.2, 0.25) is 0 Å². The molecule has 110 valence electrons. The Hall–Kier alpha value is -2.09. The molecule has 0 N–H and O–H groups in total. The molecule has 2 aromatic carbocycles. The van der Waals surface area contributed by atoms with E-state index < -0.39 is 0 Å². The molecule has 0 fully saturated rings. The summed E-state index contributed by atoms with van der Waals surface area (Å²) in [6.07, 6.45) is 4.73. The summed E-state index contributed by atoms with van der Waals surface area (Å²) in [5, 5.41) is 0. The summed E-state index contributed by atoms with van der Waals surface area (Å²) in [5.74, 6) is 0.892. The molecule has 2 nitrogen and oxygen atoms in total. The van der Waals surface area contributed by atoms with Crippen molar-refractivity contribution in [3.8, 4) is 5.75 Å². The van der Waals surface area contributed by atoms with Crippen LogP contribution in [-0.2, 0) is 11.2 Å². The van der Waals surface area contributed by atoms with Crippen LogP contribution in [0.25, 0.3) is 0 Å². The van der Waals surface area contributed by atoms with E-state index in [0.717, 1.165) is 31.3 Å². The van der Waals surface area contributed by atoms with Crippen molar-refractivity contribution in [2.75, 3.05) is 0 Å². The topological polar surface area (TPSA) is 26.3 Å². The monoisotopic (exact) mass is 282 g/mol. The first-order chi connectivity index (χ1) is 10.3. The molecule has 0 bridgehead atoms. The first-order valence-electron chi connectivity index (χ1n) is 7.54. The van der Waals surface area contributed by atoms with Crippen LogP contribution >= 0.6 is 0 Å². The van der Waals surface area contributed by atoms with Crippen LogP contribution in [0, 0.1) is 0 Å². The molecule has 2 aromatic rings. The number of benzene rings is 2. The summed E-state index contributed by atoms with van der Waals surface area (Å²) >= 11 is 0. The number of carbonyl (C=O) groups excluding carboxylic acids is 1. The van der Waals surface area contributed by atoms with E-state index in [9.17, 15) is 4.79 Å². The fraction of sp³-hybridized carbons (Fsp3) is 0.316. The van der Waals surface area contributed by atoms with Gasteiger partial charge in [0.15, 0.2) is 0 Å². The van der Waals surface area contributed by atoms with Crippen molar-refractivity contribution in [3.05, 3.63) is 65.7 Å². The maximum Gasteiger partial charge on any atom is 0.121 e. The van der Waals surface area contributed by atoms with Gasteiger partial charge in [-0.25, -0.2) is 0 Å². The van der Waals surface area contributed by atoms with Crippen LogP contribution in [0.2, 0.25) is 0 Å². The van der Waals surface area contributed by atoms with Gasteiger partial charge in [0.1, 0.15) is 18.1 Å². The molecule has 21 heavy (non-hydrogen) atoms. The third kappa shape index (κ3) is 5.07. The minimum absolute atomic E-state index is 0.0460. The molecule has 0 aromatic heterocycles. The van der Waals surface area contributed by atoms with E-state index >= 15 is 0 Å². The molecule has 0 aliphatic carbocycles. The minimum Gasteiger partial charge on any atom is -0.486 e. The number of rotatable bonds is 8. The van der Waals surface area contributed by atoms with Crippen molar-refractivity contribution in [1.29, 1.82) is 0 Å². The van der Waals surface area contributed by atoms with Gasteiger partial charge in [-0.3, -0.25) is 0 Å². The summed E-state index contributed by atoms with van der Waals surface area (Å²) in [6, 6.07) is 18.5. The lowest BCUT2D eigenvalue weighted by molar-refractivity contribution is -0.107. The van der Waals surface area contributed by atoms with E-state index in [1.807, 2.05) is 30.3 Å². The van der Waals surface area contributed by atoms with Crippen LogP contribution in [0.15, 0.2) is 54.6 Å². The predicted molar refractivity (Wildman–Crippen MR) is 85.5 cm³/mol. The molecule has 0 radical (unpaired) electrons. The number of ether oxygens (including phenoxy) is 1. The highest BCUT2D eigenvalue weighted by molar-refractivity contribution is 5.48. The Balaban J connectivity index is 1.86. The zero-order chi connectivity index (χ0) is 14.9. The molecule has 0 aliphatic heterocycles. The Morgan fingerprint density at radius 1 is 1.00 bits per heavy atom. The summed E-state index contributed by atoms with van der Waals surface area (Å²) in [6.45, 7) is 2.06. The minimum atomic E-state index is 0.0460. The normalized spacial score (nSPS) is 11.9. The number of aldehydes is 1. The SMILES string of the molecule is CC(Oc1ccc(CCCCC=O)cc1)c1ccccc1. The molecular weight excluding hydrogens is 260 g/mol. The molecule has 0 heterocycles. The smallest absolute Gasteiger partial charge is 0.121 e. The van der Waals surface area contributed by atoms with E-state index in [1.165, 1.54) is 11.1 Å². The van der Waals surface area contributed by atoms with Crippen molar-refractivity contribution < 1.29 is 9.53 Å². The summed E-state index contributed by atoms with van der Waals surface area (Å²) in [7, 11) is 0. The average molecular weight is 282 g/mol. The Kier molecular flexibility index (Phi) is 6.01. The highest BCUT2D eigenvalue weighted by Crippen LogP contribution is 2.22. The van der Waals surface area contributed by atoms with Gasteiger partial charge in [-0.15, -0.1) is 0 Å². The van der Waals surface area contributed by atoms with Gasteiger partial charge in [-0.2, -0.15) is 0 Å². The second-order valence-corrected chi connectivity index (χ2v) is 5.23. The number of hydrogen-bond acceptors (Lipinski definition) is 2. The maximum atomic E-state index is 10.3. The Morgan fingerprint density at radius 2 is 1.71 bits per heavy atom. The van der Waals surface area contributed by atoms with E-state index in [2.05, 4.69) is 31.2 Å². The summed E-state index contributed by atoms with van der Waals surface area (Å²) in [5.41, 5.74) is 2.47. The fourth-order valence-corrected chi connectivity index (χ4v) is 2.29. The van der Waals surface area contributed by atoms with Gasteiger partial charge in [0, 0.05) is 6.42 Å². The molecule has 0 aliphatic rings. The lowest BCUT2D eigenvalue weighted by atomic mass is 10.1. The van der Waals surface area contributed by atoms with Gasteiger partial charge in [0.05, 0.1) is 0 Å². The Bertz CT molecular complexity index is 531. The zero-order valence-electron chi connectivity index (χ0n) is 12.5. The van der Waals surface area contributed by atoms with Crippen LogP contribution in [0.4, 0.5) is 0 Å². The van der Waals surface area contributed by atoms with Gasteiger partial charge >= 0.3 is 0 Å². The van der Waals surface area contributed by atoms with Crippen LogP contribution in [0.1, 0.15) is 43.4 Å². The third-order valence-corrected chi connectivity index (χ3v) is 3.54. The van der Waals surface area contributed by atoms with Crippen LogP contribution in [-0.4, -0.2) is 6.29 Å². The summed E-state index contributed by atoms with van der Waals surface area (Å²) < 4.78 is 5.95. The van der Waals surface area contributed by atoms with Crippen LogP contribution in [0.3, 0.4) is 0 Å². The van der Waals surface area contributed by atoms with Crippen molar-refractivity contribution in [3.63, 3.8) is 0 Å². The van der Waals surface area contributed by atoms with Gasteiger partial charge in [0.25, 0.3) is 0 Å². The Labute approximate surface area is 126 Å². The van der Waals surface area contributed by atoms with Crippen LogP contribution < -0.4 is 4.74 Å². The molecule has 0 saturated heterocycles. The second kappa shape index (κ2) is 8.25. The average Bonchev–Trinajstić information content (AvgIpc) is 2.54. The lowest BCUT2D eigenvalue weighted by Gasteiger charge is -2.15. The number of unbranched alkanes of at least 4 members (excludes halogenated alkanes) is 2. The van der Waals surface area contributed by atoms with Gasteiger partial charge < -0.3 is 9.53 Å². The van der Waals surface area contributed by atoms with Gasteiger partial charge in [-0.05, 0) is 49.4 Å². The third-order valence-electron chi connectivity index (χ3n) is 3.54.